The summed E-state index contributed by atoms with van der Waals surface area (Å²) in [5, 5.41) is 2.50. The van der Waals surface area contributed by atoms with E-state index in [1.54, 1.807) is 24.3 Å². The van der Waals surface area contributed by atoms with Gasteiger partial charge in [-0.25, -0.2) is 9.97 Å². The molecule has 0 bridgehead atoms. The monoisotopic (exact) mass is 317 g/mol. The fourth-order valence-electron chi connectivity index (χ4n) is 1.67. The highest BCUT2D eigenvalue weighted by Crippen LogP contribution is 2.28. The molecule has 0 radical (unpaired) electrons. The smallest absolute Gasteiger partial charge is 0.451 e. The lowest BCUT2D eigenvalue weighted by Gasteiger charge is -2.11. The SMILES string of the molecule is COc1ccccc1CNc1cc(Cl)nc(C(F)(F)F)n1. The van der Waals surface area contributed by atoms with Gasteiger partial charge in [-0.05, 0) is 6.07 Å². The first-order chi connectivity index (χ1) is 9.90. The van der Waals surface area contributed by atoms with E-state index >= 15 is 0 Å². The number of aromatic nitrogens is 2. The summed E-state index contributed by atoms with van der Waals surface area (Å²) in [6.07, 6.45) is -4.65. The van der Waals surface area contributed by atoms with Crippen LogP contribution in [-0.2, 0) is 12.7 Å². The number of nitrogens with one attached hydrogen (secondary N) is 1. The van der Waals surface area contributed by atoms with E-state index in [0.29, 0.717) is 5.75 Å². The normalized spacial score (nSPS) is 11.3. The van der Waals surface area contributed by atoms with Gasteiger partial charge in [-0.15, -0.1) is 0 Å². The van der Waals surface area contributed by atoms with Crippen LogP contribution in [0.1, 0.15) is 11.4 Å². The van der Waals surface area contributed by atoms with E-state index in [-0.39, 0.29) is 17.5 Å². The van der Waals surface area contributed by atoms with Crippen LogP contribution in [0.5, 0.6) is 5.75 Å². The predicted molar refractivity (Wildman–Crippen MR) is 72.4 cm³/mol. The van der Waals surface area contributed by atoms with Gasteiger partial charge in [0.05, 0.1) is 7.11 Å². The van der Waals surface area contributed by atoms with Gasteiger partial charge in [0.25, 0.3) is 0 Å². The fourth-order valence-corrected chi connectivity index (χ4v) is 1.85. The topological polar surface area (TPSA) is 47.0 Å². The third-order valence-corrected chi connectivity index (χ3v) is 2.79. The van der Waals surface area contributed by atoms with E-state index in [1.807, 2.05) is 0 Å². The molecule has 0 unspecified atom stereocenters. The second-order valence-electron chi connectivity index (χ2n) is 4.06. The van der Waals surface area contributed by atoms with Crippen molar-refractivity contribution in [1.82, 2.24) is 9.97 Å². The molecule has 8 heteroatoms. The van der Waals surface area contributed by atoms with Crippen molar-refractivity contribution in [3.05, 3.63) is 46.9 Å². The maximum Gasteiger partial charge on any atom is 0.451 e. The van der Waals surface area contributed by atoms with Crippen molar-refractivity contribution in [3.63, 3.8) is 0 Å². The summed E-state index contributed by atoms with van der Waals surface area (Å²) in [5.41, 5.74) is 0.781. The summed E-state index contributed by atoms with van der Waals surface area (Å²) in [6.45, 7) is 0.245. The first-order valence-corrected chi connectivity index (χ1v) is 6.25. The number of methoxy groups -OCH3 is 1. The Morgan fingerprint density at radius 3 is 2.62 bits per heavy atom. The number of anilines is 1. The maximum absolute atomic E-state index is 12.6. The number of ether oxygens (including phenoxy) is 1. The highest BCUT2D eigenvalue weighted by molar-refractivity contribution is 6.29. The molecule has 21 heavy (non-hydrogen) atoms. The summed E-state index contributed by atoms with van der Waals surface area (Å²) in [6, 6.07) is 8.37. The molecule has 2 aromatic rings. The molecular formula is C13H11ClF3N3O. The van der Waals surface area contributed by atoms with E-state index in [4.69, 9.17) is 16.3 Å². The summed E-state index contributed by atoms with van der Waals surface area (Å²) in [7, 11) is 1.52. The molecule has 0 saturated heterocycles. The zero-order valence-electron chi connectivity index (χ0n) is 10.9. The van der Waals surface area contributed by atoms with Crippen LogP contribution in [0.4, 0.5) is 19.0 Å². The van der Waals surface area contributed by atoms with Crippen molar-refractivity contribution < 1.29 is 17.9 Å². The minimum atomic E-state index is -4.65. The number of para-hydroxylation sites is 1. The molecule has 0 fully saturated rings. The molecule has 112 valence electrons. The first-order valence-electron chi connectivity index (χ1n) is 5.87. The minimum absolute atomic E-state index is 0.00627. The lowest BCUT2D eigenvalue weighted by molar-refractivity contribution is -0.144. The number of benzene rings is 1. The first kappa shape index (κ1) is 15.4. The molecule has 1 aromatic heterocycles. The molecule has 0 aliphatic heterocycles. The maximum atomic E-state index is 12.6. The number of nitrogens with zero attached hydrogens (tertiary/aromatic N) is 2. The Labute approximate surface area is 123 Å². The van der Waals surface area contributed by atoms with Crippen molar-refractivity contribution in [2.75, 3.05) is 12.4 Å². The molecule has 0 atom stereocenters. The highest BCUT2D eigenvalue weighted by Gasteiger charge is 2.35. The summed E-state index contributed by atoms with van der Waals surface area (Å²) in [4.78, 5) is 6.56. The van der Waals surface area contributed by atoms with Gasteiger partial charge in [0.1, 0.15) is 16.7 Å². The molecule has 2 rings (SSSR count). The second-order valence-corrected chi connectivity index (χ2v) is 4.45. The van der Waals surface area contributed by atoms with Crippen LogP contribution in [0.25, 0.3) is 0 Å². The molecule has 0 amide bonds. The quantitative estimate of drug-likeness (QED) is 0.872. The van der Waals surface area contributed by atoms with Gasteiger partial charge >= 0.3 is 6.18 Å². The Bertz CT molecular complexity index is 634. The second kappa shape index (κ2) is 6.17. The zero-order chi connectivity index (χ0) is 15.5. The molecule has 1 aromatic carbocycles. The zero-order valence-corrected chi connectivity index (χ0v) is 11.7. The van der Waals surface area contributed by atoms with Crippen LogP contribution in [-0.4, -0.2) is 17.1 Å². The Morgan fingerprint density at radius 1 is 1.24 bits per heavy atom. The van der Waals surface area contributed by atoms with Gasteiger partial charge in [0.2, 0.25) is 5.82 Å². The van der Waals surface area contributed by atoms with Crippen LogP contribution in [0.2, 0.25) is 5.15 Å². The molecule has 0 spiro atoms. The number of hydrogen-bond donors (Lipinski definition) is 1. The standard InChI is InChI=1S/C13H11ClF3N3O/c1-21-9-5-3-2-4-8(9)7-18-11-6-10(14)19-12(20-11)13(15,16)17/h2-6H,7H2,1H3,(H,18,19,20). The Kier molecular flexibility index (Phi) is 4.52. The van der Waals surface area contributed by atoms with Gasteiger partial charge < -0.3 is 10.1 Å². The van der Waals surface area contributed by atoms with Crippen molar-refractivity contribution in [2.45, 2.75) is 12.7 Å². The van der Waals surface area contributed by atoms with Gasteiger partial charge in [0, 0.05) is 18.2 Å². The van der Waals surface area contributed by atoms with E-state index < -0.39 is 12.0 Å². The van der Waals surface area contributed by atoms with Gasteiger partial charge in [-0.3, -0.25) is 0 Å². The Hall–Kier alpha value is -2.02. The van der Waals surface area contributed by atoms with Crippen LogP contribution in [0, 0.1) is 0 Å². The lowest BCUT2D eigenvalue weighted by Crippen LogP contribution is -2.13. The van der Waals surface area contributed by atoms with Crippen molar-refractivity contribution in [2.24, 2.45) is 0 Å². The van der Waals surface area contributed by atoms with Gasteiger partial charge in [0.15, 0.2) is 0 Å². The number of alkyl halides is 3. The van der Waals surface area contributed by atoms with Crippen LogP contribution >= 0.6 is 11.6 Å². The van der Waals surface area contributed by atoms with Crippen molar-refractivity contribution in [1.29, 1.82) is 0 Å². The minimum Gasteiger partial charge on any atom is -0.496 e. The van der Waals surface area contributed by atoms with E-state index in [9.17, 15) is 13.2 Å². The average molecular weight is 318 g/mol. The highest BCUT2D eigenvalue weighted by atomic mass is 35.5. The molecule has 1 N–H and O–H groups in total. The van der Waals surface area contributed by atoms with Crippen LogP contribution in [0.15, 0.2) is 30.3 Å². The third-order valence-electron chi connectivity index (χ3n) is 2.60. The van der Waals surface area contributed by atoms with E-state index in [0.717, 1.165) is 5.56 Å². The average Bonchev–Trinajstić information content (AvgIpc) is 2.44. The number of halogens is 4. The number of rotatable bonds is 4. The Balaban J connectivity index is 2.19. The fraction of sp³-hybridized carbons (Fsp3) is 0.231. The van der Waals surface area contributed by atoms with Gasteiger partial charge in [-0.2, -0.15) is 13.2 Å². The van der Waals surface area contributed by atoms with Crippen molar-refractivity contribution >= 4 is 17.4 Å². The largest absolute Gasteiger partial charge is 0.496 e. The molecule has 0 aliphatic rings. The third kappa shape index (κ3) is 3.98. The predicted octanol–water partition coefficient (Wildman–Crippen LogP) is 3.77. The van der Waals surface area contributed by atoms with E-state index in [1.165, 1.54) is 13.2 Å². The van der Waals surface area contributed by atoms with E-state index in [2.05, 4.69) is 15.3 Å². The summed E-state index contributed by atoms with van der Waals surface area (Å²) < 4.78 is 43.0. The molecular weight excluding hydrogens is 307 g/mol. The summed E-state index contributed by atoms with van der Waals surface area (Å²) in [5.74, 6) is -0.660. The Morgan fingerprint density at radius 2 is 1.95 bits per heavy atom. The molecule has 0 saturated carbocycles. The van der Waals surface area contributed by atoms with Crippen LogP contribution < -0.4 is 10.1 Å². The van der Waals surface area contributed by atoms with Crippen molar-refractivity contribution in [3.8, 4) is 5.75 Å². The number of hydrogen-bond acceptors (Lipinski definition) is 4. The van der Waals surface area contributed by atoms with Crippen LogP contribution in [0.3, 0.4) is 0 Å². The van der Waals surface area contributed by atoms with Gasteiger partial charge in [-0.1, -0.05) is 29.8 Å². The molecule has 4 nitrogen and oxygen atoms in total. The lowest BCUT2D eigenvalue weighted by atomic mass is 10.2. The molecule has 1 heterocycles. The molecule has 0 aliphatic carbocycles. The summed E-state index contributed by atoms with van der Waals surface area (Å²) >= 11 is 5.58.